The molecule has 5 nitrogen and oxygen atoms in total. The molecule has 1 heterocycles. The van der Waals surface area contributed by atoms with Crippen LogP contribution in [0.5, 0.6) is 0 Å². The van der Waals surface area contributed by atoms with Crippen LogP contribution in [0.2, 0.25) is 0 Å². The van der Waals surface area contributed by atoms with Crippen LogP contribution in [0, 0.1) is 0 Å². The highest BCUT2D eigenvalue weighted by Crippen LogP contribution is 2.35. The van der Waals surface area contributed by atoms with Crippen molar-refractivity contribution in [2.45, 2.75) is 5.54 Å². The molecule has 0 aromatic rings. The first-order valence-corrected chi connectivity index (χ1v) is 3.20. The number of halogens is 1. The molecule has 0 aliphatic carbocycles. The molecule has 0 spiro atoms. The molecule has 68 valence electrons. The highest BCUT2D eigenvalue weighted by Gasteiger charge is 2.69. The van der Waals surface area contributed by atoms with Gasteiger partial charge >= 0.3 is 11.9 Å². The number of methoxy groups -OCH3 is 2. The maximum absolute atomic E-state index is 12.5. The summed E-state index contributed by atoms with van der Waals surface area (Å²) >= 11 is 0. The summed E-state index contributed by atoms with van der Waals surface area (Å²) in [6.07, 6.45) is 0. The monoisotopic (exact) mass is 177 g/mol. The fourth-order valence-electron chi connectivity index (χ4n) is 0.914. The lowest BCUT2D eigenvalue weighted by molar-refractivity contribution is -0.160. The summed E-state index contributed by atoms with van der Waals surface area (Å²) in [5, 5.41) is 0.0741. The largest absolute Gasteiger partial charge is 0.467 e. The Morgan fingerprint density at radius 2 is 1.67 bits per heavy atom. The number of nitrogens with zero attached hydrogens (tertiary/aromatic N) is 1. The van der Waals surface area contributed by atoms with Gasteiger partial charge in [-0.05, 0) is 0 Å². The molecule has 1 aliphatic rings. The van der Waals surface area contributed by atoms with E-state index in [9.17, 15) is 14.1 Å². The van der Waals surface area contributed by atoms with Gasteiger partial charge in [0.15, 0.2) is 0 Å². The lowest BCUT2D eigenvalue weighted by Gasteiger charge is -2.07. The van der Waals surface area contributed by atoms with Gasteiger partial charge in [-0.1, -0.05) is 0 Å². The Balaban J connectivity index is 2.79. The van der Waals surface area contributed by atoms with E-state index in [0.717, 1.165) is 14.2 Å². The van der Waals surface area contributed by atoms with Gasteiger partial charge in [0.05, 0.1) is 20.8 Å². The fourth-order valence-corrected chi connectivity index (χ4v) is 0.914. The maximum atomic E-state index is 12.5. The predicted molar refractivity (Wildman–Crippen MR) is 34.6 cm³/mol. The predicted octanol–water partition coefficient (Wildman–Crippen LogP) is -0.729. The first-order chi connectivity index (χ1) is 5.59. The third-order valence-electron chi connectivity index (χ3n) is 1.72. The Hall–Kier alpha value is -1.17. The molecule has 0 radical (unpaired) electrons. The van der Waals surface area contributed by atoms with Gasteiger partial charge in [-0.2, -0.15) is 0 Å². The Labute approximate surface area is 68.0 Å². The molecule has 1 fully saturated rings. The van der Waals surface area contributed by atoms with Gasteiger partial charge in [0.2, 0.25) is 0 Å². The normalized spacial score (nSPS) is 24.4. The average Bonchev–Trinajstić information content (AvgIpc) is 2.76. The number of hydrogen-bond donors (Lipinski definition) is 0. The molecular formula is C6H8FNO4. The number of ether oxygens (including phenoxy) is 2. The molecule has 1 unspecified atom stereocenters. The molecule has 1 atom stereocenters. The first-order valence-electron chi connectivity index (χ1n) is 3.20. The summed E-state index contributed by atoms with van der Waals surface area (Å²) in [5.74, 6) is -1.87. The van der Waals surface area contributed by atoms with Crippen molar-refractivity contribution in [1.82, 2.24) is 5.12 Å². The van der Waals surface area contributed by atoms with Crippen LogP contribution in [-0.2, 0) is 19.1 Å². The fraction of sp³-hybridized carbons (Fsp3) is 0.667. The second-order valence-corrected chi connectivity index (χ2v) is 2.36. The molecule has 1 aliphatic heterocycles. The van der Waals surface area contributed by atoms with Crippen LogP contribution in [0.25, 0.3) is 0 Å². The van der Waals surface area contributed by atoms with Crippen LogP contribution in [0.4, 0.5) is 4.48 Å². The average molecular weight is 177 g/mol. The van der Waals surface area contributed by atoms with Crippen molar-refractivity contribution >= 4 is 11.9 Å². The zero-order chi connectivity index (χ0) is 9.35. The minimum atomic E-state index is -1.83. The van der Waals surface area contributed by atoms with Gasteiger partial charge in [0.25, 0.3) is 5.54 Å². The number of esters is 2. The van der Waals surface area contributed by atoms with Gasteiger partial charge in [-0.25, -0.2) is 9.59 Å². The van der Waals surface area contributed by atoms with Crippen molar-refractivity contribution in [3.8, 4) is 0 Å². The van der Waals surface area contributed by atoms with Gasteiger partial charge < -0.3 is 9.47 Å². The van der Waals surface area contributed by atoms with E-state index in [1.165, 1.54) is 0 Å². The molecule has 0 bridgehead atoms. The zero-order valence-corrected chi connectivity index (χ0v) is 6.67. The summed E-state index contributed by atoms with van der Waals surface area (Å²) in [6.45, 7) is -0.299. The molecule has 1 rings (SSSR count). The van der Waals surface area contributed by atoms with E-state index in [2.05, 4.69) is 9.47 Å². The standard InChI is InChI=1S/C6H8FNO4/c1-11-4(9)6(3-8(6)7)5(10)12-2/h3H2,1-2H3. The van der Waals surface area contributed by atoms with E-state index < -0.39 is 17.5 Å². The third-order valence-corrected chi connectivity index (χ3v) is 1.72. The molecule has 6 heteroatoms. The Bertz CT molecular complexity index is 214. The molecule has 0 aromatic carbocycles. The molecule has 0 saturated carbocycles. The van der Waals surface area contributed by atoms with Crippen LogP contribution >= 0.6 is 0 Å². The lowest BCUT2D eigenvalue weighted by Crippen LogP contribution is -2.38. The summed E-state index contributed by atoms with van der Waals surface area (Å²) in [6, 6.07) is 0. The SMILES string of the molecule is COC(=O)C1(C(=O)OC)CN1F. The lowest BCUT2D eigenvalue weighted by atomic mass is 10.1. The highest BCUT2D eigenvalue weighted by molar-refractivity contribution is 6.08. The Morgan fingerprint density at radius 3 is 1.83 bits per heavy atom. The number of hydrogen-bond acceptors (Lipinski definition) is 5. The van der Waals surface area contributed by atoms with Gasteiger partial charge in [-0.15, -0.1) is 9.60 Å². The topological polar surface area (TPSA) is 55.6 Å². The van der Waals surface area contributed by atoms with Gasteiger partial charge in [0, 0.05) is 0 Å². The van der Waals surface area contributed by atoms with Crippen LogP contribution in [0.15, 0.2) is 0 Å². The van der Waals surface area contributed by atoms with E-state index in [4.69, 9.17) is 0 Å². The van der Waals surface area contributed by atoms with Crippen molar-refractivity contribution < 1.29 is 23.5 Å². The maximum Gasteiger partial charge on any atom is 0.342 e. The van der Waals surface area contributed by atoms with Crippen LogP contribution in [0.1, 0.15) is 0 Å². The quantitative estimate of drug-likeness (QED) is 0.241. The Kier molecular flexibility index (Phi) is 2.01. The molecular weight excluding hydrogens is 169 g/mol. The van der Waals surface area contributed by atoms with Crippen molar-refractivity contribution in [3.05, 3.63) is 0 Å². The van der Waals surface area contributed by atoms with Crippen LogP contribution in [0.3, 0.4) is 0 Å². The number of carbonyl (C=O) groups is 2. The highest BCUT2D eigenvalue weighted by atomic mass is 19.2. The summed E-state index contributed by atoms with van der Waals surface area (Å²) in [5.41, 5.74) is -1.83. The first kappa shape index (κ1) is 8.92. The van der Waals surface area contributed by atoms with E-state index in [1.54, 1.807) is 0 Å². The zero-order valence-electron chi connectivity index (χ0n) is 6.67. The molecule has 0 aromatic heterocycles. The minimum absolute atomic E-state index is 0.0741. The smallest absolute Gasteiger partial charge is 0.342 e. The van der Waals surface area contributed by atoms with Crippen molar-refractivity contribution in [2.75, 3.05) is 20.8 Å². The van der Waals surface area contributed by atoms with Crippen LogP contribution < -0.4 is 0 Å². The minimum Gasteiger partial charge on any atom is -0.467 e. The molecule has 12 heavy (non-hydrogen) atoms. The van der Waals surface area contributed by atoms with E-state index in [0.29, 0.717) is 0 Å². The van der Waals surface area contributed by atoms with Gasteiger partial charge in [-0.3, -0.25) is 0 Å². The summed E-state index contributed by atoms with van der Waals surface area (Å²) in [7, 11) is 2.17. The Morgan fingerprint density at radius 1 is 1.33 bits per heavy atom. The van der Waals surface area contributed by atoms with Crippen LogP contribution in [-0.4, -0.2) is 43.4 Å². The number of carbonyl (C=O) groups excluding carboxylic acids is 2. The summed E-state index contributed by atoms with van der Waals surface area (Å²) < 4.78 is 21.0. The second-order valence-electron chi connectivity index (χ2n) is 2.36. The number of rotatable bonds is 2. The molecule has 1 saturated heterocycles. The van der Waals surface area contributed by atoms with E-state index in [-0.39, 0.29) is 11.7 Å². The van der Waals surface area contributed by atoms with Gasteiger partial charge in [0.1, 0.15) is 0 Å². The van der Waals surface area contributed by atoms with E-state index >= 15 is 0 Å². The molecule has 0 amide bonds. The molecule has 0 N–H and O–H groups in total. The van der Waals surface area contributed by atoms with Crippen molar-refractivity contribution in [1.29, 1.82) is 0 Å². The summed E-state index contributed by atoms with van der Waals surface area (Å²) in [4.78, 5) is 21.8. The van der Waals surface area contributed by atoms with E-state index in [1.807, 2.05) is 0 Å². The van der Waals surface area contributed by atoms with Crippen molar-refractivity contribution in [3.63, 3.8) is 0 Å². The third kappa shape index (κ3) is 0.953. The van der Waals surface area contributed by atoms with Crippen molar-refractivity contribution in [2.24, 2.45) is 0 Å². The second kappa shape index (κ2) is 2.71.